The van der Waals surface area contributed by atoms with Gasteiger partial charge in [0, 0.05) is 24.5 Å². The normalized spacial score (nSPS) is 10.8. The van der Waals surface area contributed by atoms with E-state index in [0.717, 1.165) is 30.1 Å². The fourth-order valence-corrected chi connectivity index (χ4v) is 2.17. The number of nitrogens with zero attached hydrogens (tertiary/aromatic N) is 1. The van der Waals surface area contributed by atoms with Crippen LogP contribution in [0.1, 0.15) is 31.7 Å². The molecule has 0 unspecified atom stereocenters. The smallest absolute Gasteiger partial charge is 0.221 e. The Morgan fingerprint density at radius 2 is 2.15 bits per heavy atom. The highest BCUT2D eigenvalue weighted by Gasteiger charge is 2.04. The molecule has 0 spiro atoms. The zero-order chi connectivity index (χ0) is 14.8. The molecule has 1 N–H and O–H groups in total. The summed E-state index contributed by atoms with van der Waals surface area (Å²) in [7, 11) is 2.06. The zero-order valence-corrected chi connectivity index (χ0v) is 13.2. The van der Waals surface area contributed by atoms with Gasteiger partial charge in [-0.25, -0.2) is 0 Å². The van der Waals surface area contributed by atoms with Crippen LogP contribution in [0.15, 0.2) is 24.3 Å². The number of amides is 1. The second-order valence-corrected chi connectivity index (χ2v) is 5.57. The third kappa shape index (κ3) is 7.51. The zero-order valence-electron chi connectivity index (χ0n) is 12.5. The minimum Gasteiger partial charge on any atom is -0.356 e. The first kappa shape index (κ1) is 17.0. The van der Waals surface area contributed by atoms with E-state index in [1.165, 1.54) is 12.8 Å². The molecule has 0 aliphatic rings. The number of unbranched alkanes of at least 4 members (excludes halogenated alkanes) is 1. The summed E-state index contributed by atoms with van der Waals surface area (Å²) in [6, 6.07) is 7.75. The standard InChI is InChI=1S/C16H25ClN2O/c1-3-4-11-19(2)12-9-16(20)18-10-8-14-6-5-7-15(17)13-14/h5-7,13H,3-4,8-12H2,1-2H3,(H,18,20). The lowest BCUT2D eigenvalue weighted by Gasteiger charge is -2.15. The minimum absolute atomic E-state index is 0.121. The fourth-order valence-electron chi connectivity index (χ4n) is 1.96. The third-order valence-electron chi connectivity index (χ3n) is 3.24. The van der Waals surface area contributed by atoms with Crippen LogP contribution in [0, 0.1) is 0 Å². The number of benzene rings is 1. The number of rotatable bonds is 9. The molecule has 0 aliphatic carbocycles. The summed E-state index contributed by atoms with van der Waals surface area (Å²) >= 11 is 5.92. The highest BCUT2D eigenvalue weighted by atomic mass is 35.5. The van der Waals surface area contributed by atoms with Gasteiger partial charge in [-0.3, -0.25) is 4.79 Å². The van der Waals surface area contributed by atoms with Crippen molar-refractivity contribution in [1.29, 1.82) is 0 Å². The van der Waals surface area contributed by atoms with Crippen molar-refractivity contribution in [2.75, 3.05) is 26.7 Å². The Hall–Kier alpha value is -1.06. The summed E-state index contributed by atoms with van der Waals surface area (Å²) in [4.78, 5) is 13.9. The SMILES string of the molecule is CCCCN(C)CCC(=O)NCCc1cccc(Cl)c1. The summed E-state index contributed by atoms with van der Waals surface area (Å²) in [6.45, 7) is 4.73. The van der Waals surface area contributed by atoms with Crippen molar-refractivity contribution < 1.29 is 4.79 Å². The lowest BCUT2D eigenvalue weighted by atomic mass is 10.1. The van der Waals surface area contributed by atoms with Crippen molar-refractivity contribution in [1.82, 2.24) is 10.2 Å². The van der Waals surface area contributed by atoms with Gasteiger partial charge in [-0.05, 0) is 44.1 Å². The Morgan fingerprint density at radius 3 is 2.85 bits per heavy atom. The Bertz CT molecular complexity index is 409. The van der Waals surface area contributed by atoms with E-state index in [1.54, 1.807) is 0 Å². The van der Waals surface area contributed by atoms with Crippen molar-refractivity contribution >= 4 is 17.5 Å². The van der Waals surface area contributed by atoms with Gasteiger partial charge in [-0.1, -0.05) is 37.1 Å². The lowest BCUT2D eigenvalue weighted by Crippen LogP contribution is -2.30. The molecule has 0 bridgehead atoms. The van der Waals surface area contributed by atoms with E-state index in [2.05, 4.69) is 24.2 Å². The molecule has 1 rings (SSSR count). The Labute approximate surface area is 127 Å². The lowest BCUT2D eigenvalue weighted by molar-refractivity contribution is -0.121. The third-order valence-corrected chi connectivity index (χ3v) is 3.47. The first-order valence-electron chi connectivity index (χ1n) is 7.31. The monoisotopic (exact) mass is 296 g/mol. The van der Waals surface area contributed by atoms with Crippen molar-refractivity contribution in [3.8, 4) is 0 Å². The predicted molar refractivity (Wildman–Crippen MR) is 85.2 cm³/mol. The molecule has 1 aromatic carbocycles. The molecule has 0 saturated carbocycles. The van der Waals surface area contributed by atoms with E-state index >= 15 is 0 Å². The molecule has 4 heteroatoms. The largest absolute Gasteiger partial charge is 0.356 e. The minimum atomic E-state index is 0.121. The maximum atomic E-state index is 11.7. The summed E-state index contributed by atoms with van der Waals surface area (Å²) in [5.41, 5.74) is 1.15. The second kappa shape index (κ2) is 9.78. The molecule has 1 amide bonds. The van der Waals surface area contributed by atoms with Crippen LogP contribution in [0.2, 0.25) is 5.02 Å². The first-order valence-corrected chi connectivity index (χ1v) is 7.69. The summed E-state index contributed by atoms with van der Waals surface area (Å²) in [5.74, 6) is 0.121. The molecule has 0 atom stereocenters. The van der Waals surface area contributed by atoms with Gasteiger partial charge in [0.25, 0.3) is 0 Å². The van der Waals surface area contributed by atoms with Crippen LogP contribution < -0.4 is 5.32 Å². The number of carbonyl (C=O) groups excluding carboxylic acids is 1. The Morgan fingerprint density at radius 1 is 1.35 bits per heavy atom. The molecule has 1 aromatic rings. The fraction of sp³-hybridized carbons (Fsp3) is 0.562. The highest BCUT2D eigenvalue weighted by Crippen LogP contribution is 2.10. The van der Waals surface area contributed by atoms with E-state index in [-0.39, 0.29) is 5.91 Å². The summed E-state index contributed by atoms with van der Waals surface area (Å²) < 4.78 is 0. The number of hydrogen-bond donors (Lipinski definition) is 1. The average Bonchev–Trinajstić information content (AvgIpc) is 2.43. The molecule has 0 radical (unpaired) electrons. The van der Waals surface area contributed by atoms with Crippen LogP contribution in [0.3, 0.4) is 0 Å². The van der Waals surface area contributed by atoms with E-state index in [0.29, 0.717) is 13.0 Å². The summed E-state index contributed by atoms with van der Waals surface area (Å²) in [6.07, 6.45) is 3.76. The first-order chi connectivity index (χ1) is 9.61. The molecule has 20 heavy (non-hydrogen) atoms. The molecule has 0 saturated heterocycles. The number of carbonyl (C=O) groups is 1. The molecule has 112 valence electrons. The molecule has 0 heterocycles. The van der Waals surface area contributed by atoms with Gasteiger partial charge in [0.1, 0.15) is 0 Å². The van der Waals surface area contributed by atoms with Crippen LogP contribution in [-0.4, -0.2) is 37.5 Å². The van der Waals surface area contributed by atoms with E-state index in [9.17, 15) is 4.79 Å². The number of nitrogens with one attached hydrogen (secondary N) is 1. The van der Waals surface area contributed by atoms with Gasteiger partial charge in [0.2, 0.25) is 5.91 Å². The van der Waals surface area contributed by atoms with Crippen LogP contribution >= 0.6 is 11.6 Å². The average molecular weight is 297 g/mol. The van der Waals surface area contributed by atoms with Crippen molar-refractivity contribution in [3.63, 3.8) is 0 Å². The van der Waals surface area contributed by atoms with E-state index < -0.39 is 0 Å². The van der Waals surface area contributed by atoms with Gasteiger partial charge in [-0.15, -0.1) is 0 Å². The molecular formula is C16H25ClN2O. The highest BCUT2D eigenvalue weighted by molar-refractivity contribution is 6.30. The van der Waals surface area contributed by atoms with Gasteiger partial charge in [0.15, 0.2) is 0 Å². The molecule has 3 nitrogen and oxygen atoms in total. The topological polar surface area (TPSA) is 32.3 Å². The van der Waals surface area contributed by atoms with Gasteiger partial charge in [-0.2, -0.15) is 0 Å². The van der Waals surface area contributed by atoms with Crippen molar-refractivity contribution in [2.45, 2.75) is 32.6 Å². The quantitative estimate of drug-likeness (QED) is 0.759. The van der Waals surface area contributed by atoms with Gasteiger partial charge in [0.05, 0.1) is 0 Å². The maximum absolute atomic E-state index is 11.7. The number of hydrogen-bond acceptors (Lipinski definition) is 2. The van der Waals surface area contributed by atoms with Crippen LogP contribution in [0.4, 0.5) is 0 Å². The Balaban J connectivity index is 2.14. The van der Waals surface area contributed by atoms with E-state index in [4.69, 9.17) is 11.6 Å². The van der Waals surface area contributed by atoms with Gasteiger partial charge < -0.3 is 10.2 Å². The molecular weight excluding hydrogens is 272 g/mol. The van der Waals surface area contributed by atoms with Crippen LogP contribution in [0.25, 0.3) is 0 Å². The molecule has 0 aromatic heterocycles. The van der Waals surface area contributed by atoms with E-state index in [1.807, 2.05) is 24.3 Å². The summed E-state index contributed by atoms with van der Waals surface area (Å²) in [5, 5.41) is 3.70. The molecule has 0 fully saturated rings. The molecule has 0 aliphatic heterocycles. The Kier molecular flexibility index (Phi) is 8.31. The van der Waals surface area contributed by atoms with Gasteiger partial charge >= 0.3 is 0 Å². The predicted octanol–water partition coefficient (Wildman–Crippen LogP) is 3.12. The second-order valence-electron chi connectivity index (χ2n) is 5.14. The van der Waals surface area contributed by atoms with Crippen molar-refractivity contribution in [2.24, 2.45) is 0 Å². The van der Waals surface area contributed by atoms with Crippen molar-refractivity contribution in [3.05, 3.63) is 34.9 Å². The number of halogens is 1. The van der Waals surface area contributed by atoms with Crippen LogP contribution in [-0.2, 0) is 11.2 Å². The van der Waals surface area contributed by atoms with Crippen LogP contribution in [0.5, 0.6) is 0 Å². The maximum Gasteiger partial charge on any atom is 0.221 e.